The lowest BCUT2D eigenvalue weighted by Gasteiger charge is -2.09. The summed E-state index contributed by atoms with van der Waals surface area (Å²) in [5.41, 5.74) is 1.22. The van der Waals surface area contributed by atoms with E-state index in [1.54, 1.807) is 12.1 Å². The van der Waals surface area contributed by atoms with Gasteiger partial charge in [-0.3, -0.25) is 4.72 Å². The Morgan fingerprint density at radius 3 is 2.67 bits per heavy atom. The van der Waals surface area contributed by atoms with Crippen LogP contribution in [0.15, 0.2) is 52.1 Å². The first-order valence-corrected chi connectivity index (χ1v) is 8.01. The summed E-state index contributed by atoms with van der Waals surface area (Å²) in [5, 5.41) is 0.637. The number of sulfonamides is 1. The highest BCUT2D eigenvalue weighted by Crippen LogP contribution is 2.28. The van der Waals surface area contributed by atoms with Gasteiger partial charge in [-0.15, -0.1) is 0 Å². The molecule has 5 nitrogen and oxygen atoms in total. The number of fused-ring (bicyclic) bond motifs is 1. The van der Waals surface area contributed by atoms with E-state index in [1.165, 1.54) is 30.7 Å². The van der Waals surface area contributed by atoms with Crippen LogP contribution in [0.4, 0.5) is 5.69 Å². The zero-order valence-corrected chi connectivity index (χ0v) is 12.7. The van der Waals surface area contributed by atoms with Gasteiger partial charge in [-0.05, 0) is 30.3 Å². The van der Waals surface area contributed by atoms with Gasteiger partial charge in [0.2, 0.25) is 0 Å². The fourth-order valence-electron chi connectivity index (χ4n) is 1.78. The summed E-state index contributed by atoms with van der Waals surface area (Å²) in [7, 11) is -3.78. The number of oxazole rings is 1. The fourth-order valence-corrected chi connectivity index (χ4v) is 3.39. The molecular formula is C13H8Cl2N2O3S. The Hall–Kier alpha value is -1.76. The van der Waals surface area contributed by atoms with Gasteiger partial charge >= 0.3 is 0 Å². The molecule has 0 atom stereocenters. The average Bonchev–Trinajstić information content (AvgIpc) is 2.89. The zero-order valence-electron chi connectivity index (χ0n) is 10.4. The van der Waals surface area contributed by atoms with E-state index < -0.39 is 10.0 Å². The van der Waals surface area contributed by atoms with Crippen LogP contribution >= 0.6 is 23.2 Å². The number of benzene rings is 2. The largest absolute Gasteiger partial charge is 0.443 e. The lowest BCUT2D eigenvalue weighted by molar-refractivity contribution is 0.594. The molecule has 2 aromatic carbocycles. The highest BCUT2D eigenvalue weighted by molar-refractivity contribution is 7.92. The van der Waals surface area contributed by atoms with E-state index in [1.807, 2.05) is 0 Å². The van der Waals surface area contributed by atoms with Crippen molar-refractivity contribution in [1.82, 2.24) is 4.98 Å². The first kappa shape index (κ1) is 14.2. The second-order valence-electron chi connectivity index (χ2n) is 4.21. The molecule has 0 aliphatic heterocycles. The number of nitrogens with zero attached hydrogens (tertiary/aromatic N) is 1. The number of hydrogen-bond acceptors (Lipinski definition) is 4. The molecule has 3 aromatic rings. The second kappa shape index (κ2) is 5.22. The summed E-state index contributed by atoms with van der Waals surface area (Å²) in [5.74, 6) is 0. The quantitative estimate of drug-likeness (QED) is 0.782. The minimum atomic E-state index is -3.78. The highest BCUT2D eigenvalue weighted by Gasteiger charge is 2.17. The molecule has 3 rings (SSSR count). The summed E-state index contributed by atoms with van der Waals surface area (Å²) in [6, 6.07) is 8.91. The number of aromatic nitrogens is 1. The van der Waals surface area contributed by atoms with Crippen LogP contribution in [0.3, 0.4) is 0 Å². The van der Waals surface area contributed by atoms with Crippen LogP contribution in [-0.4, -0.2) is 13.4 Å². The van der Waals surface area contributed by atoms with E-state index in [-0.39, 0.29) is 15.6 Å². The molecule has 0 fully saturated rings. The molecule has 1 aromatic heterocycles. The predicted octanol–water partition coefficient (Wildman–Crippen LogP) is 3.94. The third-order valence-corrected chi connectivity index (χ3v) is 4.70. The molecule has 21 heavy (non-hydrogen) atoms. The highest BCUT2D eigenvalue weighted by atomic mass is 35.5. The summed E-state index contributed by atoms with van der Waals surface area (Å²) >= 11 is 11.7. The minimum absolute atomic E-state index is 0.0535. The smallest absolute Gasteiger partial charge is 0.262 e. The molecule has 0 aliphatic rings. The molecule has 0 bridgehead atoms. The Morgan fingerprint density at radius 2 is 1.90 bits per heavy atom. The first-order chi connectivity index (χ1) is 9.95. The maximum Gasteiger partial charge on any atom is 0.262 e. The first-order valence-electron chi connectivity index (χ1n) is 5.77. The van der Waals surface area contributed by atoms with Crippen LogP contribution < -0.4 is 4.72 Å². The topological polar surface area (TPSA) is 72.2 Å². The number of anilines is 1. The van der Waals surface area contributed by atoms with Gasteiger partial charge in [0.25, 0.3) is 10.0 Å². The van der Waals surface area contributed by atoms with Crippen molar-refractivity contribution in [1.29, 1.82) is 0 Å². The molecule has 0 saturated heterocycles. The minimum Gasteiger partial charge on any atom is -0.443 e. The SMILES string of the molecule is O=S(=O)(Nc1ccc(Cl)cc1Cl)c1ccc2ncoc2c1. The van der Waals surface area contributed by atoms with E-state index >= 15 is 0 Å². The van der Waals surface area contributed by atoms with Crippen molar-refractivity contribution in [3.05, 3.63) is 52.8 Å². The van der Waals surface area contributed by atoms with E-state index in [4.69, 9.17) is 27.6 Å². The summed E-state index contributed by atoms with van der Waals surface area (Å²) in [4.78, 5) is 3.99. The molecule has 0 saturated carbocycles. The summed E-state index contributed by atoms with van der Waals surface area (Å²) < 4.78 is 32.2. The van der Waals surface area contributed by atoms with Crippen molar-refractivity contribution in [2.75, 3.05) is 4.72 Å². The Labute approximate surface area is 130 Å². The Balaban J connectivity index is 1.99. The van der Waals surface area contributed by atoms with Gasteiger partial charge < -0.3 is 4.42 Å². The Bertz CT molecular complexity index is 922. The predicted molar refractivity (Wildman–Crippen MR) is 81.3 cm³/mol. The maximum atomic E-state index is 12.3. The lowest BCUT2D eigenvalue weighted by atomic mass is 10.3. The fraction of sp³-hybridized carbons (Fsp3) is 0. The van der Waals surface area contributed by atoms with Crippen molar-refractivity contribution in [3.8, 4) is 0 Å². The molecule has 0 unspecified atom stereocenters. The normalized spacial score (nSPS) is 11.7. The van der Waals surface area contributed by atoms with E-state index in [0.717, 1.165) is 0 Å². The van der Waals surface area contributed by atoms with Crippen molar-refractivity contribution in [3.63, 3.8) is 0 Å². The van der Waals surface area contributed by atoms with Gasteiger partial charge in [0.15, 0.2) is 12.0 Å². The van der Waals surface area contributed by atoms with Crippen LogP contribution in [0.2, 0.25) is 10.0 Å². The molecule has 0 amide bonds. The molecule has 1 heterocycles. The summed E-state index contributed by atoms with van der Waals surface area (Å²) in [6.07, 6.45) is 1.25. The van der Waals surface area contributed by atoms with Gasteiger partial charge in [0, 0.05) is 11.1 Å². The van der Waals surface area contributed by atoms with Crippen LogP contribution in [-0.2, 0) is 10.0 Å². The standard InChI is InChI=1S/C13H8Cl2N2O3S/c14-8-1-3-11(10(15)5-8)17-21(18,19)9-2-4-12-13(6-9)20-7-16-12/h1-7,17H. The van der Waals surface area contributed by atoms with Gasteiger partial charge in [-0.1, -0.05) is 23.2 Å². The van der Waals surface area contributed by atoms with Gasteiger partial charge in [-0.2, -0.15) is 0 Å². The molecule has 0 aliphatic carbocycles. The van der Waals surface area contributed by atoms with Crippen molar-refractivity contribution in [2.24, 2.45) is 0 Å². The average molecular weight is 343 g/mol. The summed E-state index contributed by atoms with van der Waals surface area (Å²) in [6.45, 7) is 0. The number of halogens is 2. The van der Waals surface area contributed by atoms with Crippen molar-refractivity contribution in [2.45, 2.75) is 4.90 Å². The molecule has 1 N–H and O–H groups in total. The molecule has 0 radical (unpaired) electrons. The lowest BCUT2D eigenvalue weighted by Crippen LogP contribution is -2.13. The zero-order chi connectivity index (χ0) is 15.0. The Morgan fingerprint density at radius 1 is 1.10 bits per heavy atom. The number of nitrogens with one attached hydrogen (secondary N) is 1. The molecule has 108 valence electrons. The van der Waals surface area contributed by atoms with E-state index in [2.05, 4.69) is 9.71 Å². The molecule has 8 heteroatoms. The molecular weight excluding hydrogens is 335 g/mol. The van der Waals surface area contributed by atoms with Gasteiger partial charge in [0.1, 0.15) is 5.52 Å². The molecule has 0 spiro atoms. The number of hydrogen-bond donors (Lipinski definition) is 1. The third-order valence-electron chi connectivity index (χ3n) is 2.79. The van der Waals surface area contributed by atoms with Crippen LogP contribution in [0.5, 0.6) is 0 Å². The Kier molecular flexibility index (Phi) is 3.52. The van der Waals surface area contributed by atoms with Crippen molar-refractivity contribution < 1.29 is 12.8 Å². The number of rotatable bonds is 3. The van der Waals surface area contributed by atoms with Crippen LogP contribution in [0.25, 0.3) is 11.1 Å². The van der Waals surface area contributed by atoms with Gasteiger partial charge in [-0.25, -0.2) is 13.4 Å². The second-order valence-corrected chi connectivity index (χ2v) is 6.74. The van der Waals surface area contributed by atoms with Crippen molar-refractivity contribution >= 4 is 50.0 Å². The van der Waals surface area contributed by atoms with E-state index in [0.29, 0.717) is 16.1 Å². The van der Waals surface area contributed by atoms with Crippen LogP contribution in [0.1, 0.15) is 0 Å². The van der Waals surface area contributed by atoms with E-state index in [9.17, 15) is 8.42 Å². The maximum absolute atomic E-state index is 12.3. The third kappa shape index (κ3) is 2.83. The monoisotopic (exact) mass is 342 g/mol. The van der Waals surface area contributed by atoms with Gasteiger partial charge in [0.05, 0.1) is 15.6 Å². The van der Waals surface area contributed by atoms with Crippen LogP contribution in [0, 0.1) is 0 Å².